The SMILES string of the molecule is C[P@@]1Oc2ccccc2-c2ccccc21. The lowest BCUT2D eigenvalue weighted by molar-refractivity contribution is 0.626. The minimum Gasteiger partial charge on any atom is -0.469 e. The first-order valence-corrected chi connectivity index (χ1v) is 6.67. The van der Waals surface area contributed by atoms with Crippen LogP contribution in [0.3, 0.4) is 0 Å². The predicted molar refractivity (Wildman–Crippen MR) is 65.0 cm³/mol. The van der Waals surface area contributed by atoms with Gasteiger partial charge in [0.2, 0.25) is 0 Å². The third kappa shape index (κ3) is 1.35. The fourth-order valence-corrected chi connectivity index (χ4v) is 3.32. The maximum Gasteiger partial charge on any atom is 0.131 e. The van der Waals surface area contributed by atoms with Crippen molar-refractivity contribution in [2.24, 2.45) is 0 Å². The Balaban J connectivity index is 2.30. The zero-order valence-corrected chi connectivity index (χ0v) is 9.37. The molecule has 0 radical (unpaired) electrons. The van der Waals surface area contributed by atoms with Gasteiger partial charge in [-0.3, -0.25) is 0 Å². The monoisotopic (exact) mass is 214 g/mol. The maximum atomic E-state index is 5.92. The van der Waals surface area contributed by atoms with E-state index in [4.69, 9.17) is 4.52 Å². The minimum atomic E-state index is -0.494. The Labute approximate surface area is 90.5 Å². The molecule has 0 fully saturated rings. The molecule has 1 aliphatic heterocycles. The summed E-state index contributed by atoms with van der Waals surface area (Å²) >= 11 is 0. The van der Waals surface area contributed by atoms with Gasteiger partial charge in [-0.05, 0) is 18.3 Å². The van der Waals surface area contributed by atoms with E-state index in [-0.39, 0.29) is 0 Å². The molecule has 2 heteroatoms. The van der Waals surface area contributed by atoms with Crippen LogP contribution in [0.15, 0.2) is 48.5 Å². The van der Waals surface area contributed by atoms with Crippen LogP contribution in [0.1, 0.15) is 0 Å². The normalized spacial score (nSPS) is 17.5. The van der Waals surface area contributed by atoms with Crippen molar-refractivity contribution in [1.29, 1.82) is 0 Å². The Morgan fingerprint density at radius 3 is 2.40 bits per heavy atom. The van der Waals surface area contributed by atoms with E-state index >= 15 is 0 Å². The summed E-state index contributed by atoms with van der Waals surface area (Å²) in [5.74, 6) is 1.02. The fourth-order valence-electron chi connectivity index (χ4n) is 1.94. The average molecular weight is 214 g/mol. The van der Waals surface area contributed by atoms with E-state index < -0.39 is 8.15 Å². The molecule has 0 saturated carbocycles. The lowest BCUT2D eigenvalue weighted by atomic mass is 10.0. The largest absolute Gasteiger partial charge is 0.469 e. The molecule has 0 unspecified atom stereocenters. The summed E-state index contributed by atoms with van der Waals surface area (Å²) in [7, 11) is -0.494. The van der Waals surface area contributed by atoms with E-state index in [0.29, 0.717) is 0 Å². The first-order chi connectivity index (χ1) is 7.36. The van der Waals surface area contributed by atoms with Crippen LogP contribution in [0.2, 0.25) is 0 Å². The number of para-hydroxylation sites is 1. The van der Waals surface area contributed by atoms with Gasteiger partial charge in [0.25, 0.3) is 0 Å². The van der Waals surface area contributed by atoms with Crippen LogP contribution >= 0.6 is 8.15 Å². The second-order valence-electron chi connectivity index (χ2n) is 3.60. The van der Waals surface area contributed by atoms with Gasteiger partial charge in [-0.2, -0.15) is 0 Å². The van der Waals surface area contributed by atoms with Crippen molar-refractivity contribution >= 4 is 13.5 Å². The molecule has 0 saturated heterocycles. The van der Waals surface area contributed by atoms with Crippen molar-refractivity contribution in [2.45, 2.75) is 0 Å². The molecule has 74 valence electrons. The summed E-state index contributed by atoms with van der Waals surface area (Å²) in [6, 6.07) is 16.8. The standard InChI is InChI=1S/C13H11OP/c1-15-13-9-5-3-7-11(13)10-6-2-4-8-12(10)14-15/h2-9H,1H3/t15-/m1/s1. The molecule has 0 aromatic heterocycles. The van der Waals surface area contributed by atoms with E-state index in [9.17, 15) is 0 Å². The summed E-state index contributed by atoms with van der Waals surface area (Å²) in [4.78, 5) is 0. The molecule has 0 aliphatic carbocycles. The van der Waals surface area contributed by atoms with Crippen molar-refractivity contribution in [1.82, 2.24) is 0 Å². The van der Waals surface area contributed by atoms with Crippen LogP contribution in [0, 0.1) is 0 Å². The molecule has 2 aromatic carbocycles. The topological polar surface area (TPSA) is 9.23 Å². The highest BCUT2D eigenvalue weighted by Crippen LogP contribution is 2.45. The summed E-state index contributed by atoms with van der Waals surface area (Å²) in [6.07, 6.45) is 0. The lowest BCUT2D eigenvalue weighted by Gasteiger charge is -2.25. The van der Waals surface area contributed by atoms with Gasteiger partial charge < -0.3 is 4.52 Å². The van der Waals surface area contributed by atoms with Gasteiger partial charge in [0.05, 0.1) is 0 Å². The first kappa shape index (κ1) is 8.94. The first-order valence-electron chi connectivity index (χ1n) is 4.96. The number of rotatable bonds is 0. The predicted octanol–water partition coefficient (Wildman–Crippen LogP) is 3.40. The second-order valence-corrected chi connectivity index (χ2v) is 5.26. The molecule has 0 spiro atoms. The van der Waals surface area contributed by atoms with E-state index in [1.807, 2.05) is 12.1 Å². The number of hydrogen-bond donors (Lipinski definition) is 0. The van der Waals surface area contributed by atoms with Crippen molar-refractivity contribution in [3.8, 4) is 16.9 Å². The smallest absolute Gasteiger partial charge is 0.131 e. The van der Waals surface area contributed by atoms with Crippen molar-refractivity contribution in [2.75, 3.05) is 6.66 Å². The number of fused-ring (bicyclic) bond motifs is 3. The van der Waals surface area contributed by atoms with Crippen molar-refractivity contribution in [3.05, 3.63) is 48.5 Å². The molecule has 0 N–H and O–H groups in total. The third-order valence-corrected chi connectivity index (χ3v) is 4.19. The van der Waals surface area contributed by atoms with Crippen LogP contribution < -0.4 is 9.83 Å². The van der Waals surface area contributed by atoms with Gasteiger partial charge in [0.1, 0.15) is 13.9 Å². The van der Waals surface area contributed by atoms with Crippen LogP contribution in [0.25, 0.3) is 11.1 Å². The molecule has 1 aliphatic rings. The molecule has 15 heavy (non-hydrogen) atoms. The molecule has 3 rings (SSSR count). The van der Waals surface area contributed by atoms with Gasteiger partial charge in [-0.1, -0.05) is 42.5 Å². The highest BCUT2D eigenvalue weighted by molar-refractivity contribution is 7.61. The molecule has 1 nitrogen and oxygen atoms in total. The van der Waals surface area contributed by atoms with Gasteiger partial charge in [-0.15, -0.1) is 0 Å². The Morgan fingerprint density at radius 2 is 1.53 bits per heavy atom. The van der Waals surface area contributed by atoms with Crippen molar-refractivity contribution < 1.29 is 4.52 Å². The zero-order valence-electron chi connectivity index (χ0n) is 8.47. The second kappa shape index (κ2) is 3.36. The highest BCUT2D eigenvalue weighted by Gasteiger charge is 2.21. The quantitative estimate of drug-likeness (QED) is 0.611. The fraction of sp³-hybridized carbons (Fsp3) is 0.0769. The molecular weight excluding hydrogens is 203 g/mol. The third-order valence-electron chi connectivity index (χ3n) is 2.66. The molecule has 0 amide bonds. The summed E-state index contributed by atoms with van der Waals surface area (Å²) in [6.45, 7) is 2.16. The van der Waals surface area contributed by atoms with E-state index in [1.54, 1.807) is 0 Å². The molecule has 2 aromatic rings. The Morgan fingerprint density at radius 1 is 0.867 bits per heavy atom. The van der Waals surface area contributed by atoms with Crippen LogP contribution in [0.4, 0.5) is 0 Å². The maximum absolute atomic E-state index is 5.92. The Hall–Kier alpha value is -1.33. The van der Waals surface area contributed by atoms with Crippen LogP contribution in [-0.2, 0) is 0 Å². The molecule has 1 atom stereocenters. The van der Waals surface area contributed by atoms with E-state index in [2.05, 4.69) is 43.1 Å². The number of hydrogen-bond acceptors (Lipinski definition) is 1. The van der Waals surface area contributed by atoms with Gasteiger partial charge in [0.15, 0.2) is 0 Å². The minimum absolute atomic E-state index is 0.494. The highest BCUT2D eigenvalue weighted by atomic mass is 31.1. The van der Waals surface area contributed by atoms with Gasteiger partial charge in [-0.25, -0.2) is 0 Å². The summed E-state index contributed by atoms with van der Waals surface area (Å²) in [5, 5.41) is 1.34. The van der Waals surface area contributed by atoms with Crippen LogP contribution in [-0.4, -0.2) is 6.66 Å². The van der Waals surface area contributed by atoms with Gasteiger partial charge >= 0.3 is 0 Å². The summed E-state index contributed by atoms with van der Waals surface area (Å²) < 4.78 is 5.92. The van der Waals surface area contributed by atoms with Crippen LogP contribution in [0.5, 0.6) is 5.75 Å². The average Bonchev–Trinajstić information content (AvgIpc) is 2.30. The van der Waals surface area contributed by atoms with E-state index in [1.165, 1.54) is 16.4 Å². The molecule has 1 heterocycles. The van der Waals surface area contributed by atoms with Gasteiger partial charge in [0, 0.05) is 10.9 Å². The van der Waals surface area contributed by atoms with Crippen molar-refractivity contribution in [3.63, 3.8) is 0 Å². The lowest BCUT2D eigenvalue weighted by Crippen LogP contribution is -2.12. The number of benzene rings is 2. The summed E-state index contributed by atoms with van der Waals surface area (Å²) in [5.41, 5.74) is 2.54. The zero-order chi connectivity index (χ0) is 10.3. The Bertz CT molecular complexity index is 507. The molecule has 0 bridgehead atoms. The molecular formula is C13H11OP. The van der Waals surface area contributed by atoms with E-state index in [0.717, 1.165) is 5.75 Å². The Kier molecular flexibility index (Phi) is 2.00.